The summed E-state index contributed by atoms with van der Waals surface area (Å²) in [5, 5.41) is 40.4. The predicted octanol–water partition coefficient (Wildman–Crippen LogP) is 2.62. The Kier molecular flexibility index (Phi) is 6.56. The lowest BCUT2D eigenvalue weighted by atomic mass is 9.83. The van der Waals surface area contributed by atoms with Crippen molar-refractivity contribution >= 4 is 0 Å². The minimum Gasteiger partial charge on any atom is -0.394 e. The highest BCUT2D eigenvalue weighted by atomic mass is 16.5. The molecule has 2 aromatic carbocycles. The predicted molar refractivity (Wildman–Crippen MR) is 114 cm³/mol. The summed E-state index contributed by atoms with van der Waals surface area (Å²) in [5.74, 6) is 0.276. The summed E-state index contributed by atoms with van der Waals surface area (Å²) in [7, 11) is 0. The first-order valence-electron chi connectivity index (χ1n) is 11.1. The minimum absolute atomic E-state index is 0.276. The molecule has 0 saturated carbocycles. The van der Waals surface area contributed by atoms with E-state index in [0.29, 0.717) is 0 Å². The molecule has 1 aliphatic heterocycles. The topological polar surface area (TPSA) is 90.2 Å². The molecule has 30 heavy (non-hydrogen) atoms. The van der Waals surface area contributed by atoms with Crippen LogP contribution in [0.25, 0.3) is 0 Å². The van der Waals surface area contributed by atoms with Crippen molar-refractivity contribution in [1.29, 1.82) is 0 Å². The number of hydrogen-bond acceptors (Lipinski definition) is 5. The van der Waals surface area contributed by atoms with Crippen LogP contribution in [0.3, 0.4) is 0 Å². The van der Waals surface area contributed by atoms with Crippen LogP contribution in [-0.2, 0) is 17.6 Å². The average molecular weight is 413 g/mol. The Morgan fingerprint density at radius 1 is 0.900 bits per heavy atom. The van der Waals surface area contributed by atoms with E-state index in [-0.39, 0.29) is 5.92 Å². The fourth-order valence-corrected chi connectivity index (χ4v) is 4.87. The molecule has 6 atom stereocenters. The van der Waals surface area contributed by atoms with Crippen LogP contribution < -0.4 is 0 Å². The average Bonchev–Trinajstić information content (AvgIpc) is 3.00. The first-order valence-corrected chi connectivity index (χ1v) is 11.1. The van der Waals surface area contributed by atoms with Gasteiger partial charge in [0.05, 0.1) is 6.61 Å². The lowest BCUT2D eigenvalue weighted by molar-refractivity contribution is -0.231. The molecule has 0 radical (unpaired) electrons. The first-order chi connectivity index (χ1) is 14.5. The van der Waals surface area contributed by atoms with Crippen LogP contribution in [0.2, 0.25) is 0 Å². The molecule has 4 rings (SSSR count). The fraction of sp³-hybridized carbons (Fsp3) is 0.520. The summed E-state index contributed by atoms with van der Waals surface area (Å²) in [6.07, 6.45) is -0.243. The Morgan fingerprint density at radius 3 is 2.33 bits per heavy atom. The highest BCUT2D eigenvalue weighted by Gasteiger charge is 2.44. The number of hydrogen-bond donors (Lipinski definition) is 4. The zero-order valence-electron chi connectivity index (χ0n) is 17.4. The van der Waals surface area contributed by atoms with E-state index in [1.54, 1.807) is 0 Å². The number of rotatable bonds is 4. The van der Waals surface area contributed by atoms with E-state index in [1.165, 1.54) is 22.3 Å². The van der Waals surface area contributed by atoms with Gasteiger partial charge in [-0.3, -0.25) is 0 Å². The van der Waals surface area contributed by atoms with Crippen LogP contribution in [-0.4, -0.2) is 51.4 Å². The van der Waals surface area contributed by atoms with Gasteiger partial charge in [0.2, 0.25) is 0 Å². The minimum atomic E-state index is -1.36. The molecule has 1 aliphatic carbocycles. The zero-order valence-corrected chi connectivity index (χ0v) is 17.4. The van der Waals surface area contributed by atoms with E-state index >= 15 is 0 Å². The van der Waals surface area contributed by atoms with Gasteiger partial charge in [-0.1, -0.05) is 55.8 Å². The molecule has 1 heterocycles. The van der Waals surface area contributed by atoms with Gasteiger partial charge in [-0.2, -0.15) is 0 Å². The molecule has 0 amide bonds. The smallest absolute Gasteiger partial charge is 0.113 e. The normalized spacial score (nSPS) is 31.8. The number of fused-ring (bicyclic) bond motifs is 1. The van der Waals surface area contributed by atoms with Crippen LogP contribution in [0.5, 0.6) is 0 Å². The monoisotopic (exact) mass is 412 g/mol. The third-order valence-corrected chi connectivity index (χ3v) is 6.75. The summed E-state index contributed by atoms with van der Waals surface area (Å²) < 4.78 is 5.80. The fourth-order valence-electron chi connectivity index (χ4n) is 4.87. The van der Waals surface area contributed by atoms with Gasteiger partial charge in [0, 0.05) is 5.92 Å². The van der Waals surface area contributed by atoms with Gasteiger partial charge in [0.25, 0.3) is 0 Å². The third kappa shape index (κ3) is 4.05. The van der Waals surface area contributed by atoms with Crippen molar-refractivity contribution in [3.8, 4) is 0 Å². The summed E-state index contributed by atoms with van der Waals surface area (Å²) in [6, 6.07) is 15.0. The zero-order chi connectivity index (χ0) is 21.3. The van der Waals surface area contributed by atoms with E-state index in [1.807, 2.05) is 6.07 Å². The molecule has 2 aromatic rings. The van der Waals surface area contributed by atoms with Gasteiger partial charge in [-0.15, -0.1) is 0 Å². The number of benzene rings is 2. The molecule has 0 spiro atoms. The second kappa shape index (κ2) is 9.16. The van der Waals surface area contributed by atoms with Crippen molar-refractivity contribution in [3.05, 3.63) is 70.3 Å². The van der Waals surface area contributed by atoms with E-state index in [0.717, 1.165) is 37.7 Å². The summed E-state index contributed by atoms with van der Waals surface area (Å²) in [4.78, 5) is 0. The Morgan fingerprint density at radius 2 is 1.63 bits per heavy atom. The Balaban J connectivity index is 1.70. The Hall–Kier alpha value is -1.76. The van der Waals surface area contributed by atoms with Crippen LogP contribution in [0.1, 0.15) is 66.0 Å². The van der Waals surface area contributed by atoms with E-state index in [9.17, 15) is 20.4 Å². The molecular formula is C25H32O5. The quantitative estimate of drug-likeness (QED) is 0.580. The number of aliphatic hydroxyl groups excluding tert-OH is 4. The Bertz CT molecular complexity index is 847. The van der Waals surface area contributed by atoms with Crippen LogP contribution in [0.15, 0.2) is 42.5 Å². The summed E-state index contributed by atoms with van der Waals surface area (Å²) >= 11 is 0. The van der Waals surface area contributed by atoms with Crippen LogP contribution in [0.4, 0.5) is 0 Å². The highest BCUT2D eigenvalue weighted by molar-refractivity contribution is 5.43. The van der Waals surface area contributed by atoms with E-state index < -0.39 is 37.1 Å². The summed E-state index contributed by atoms with van der Waals surface area (Å²) in [5.41, 5.74) is 5.93. The van der Waals surface area contributed by atoms with Crippen molar-refractivity contribution in [2.24, 2.45) is 0 Å². The molecule has 0 aromatic heterocycles. The van der Waals surface area contributed by atoms with Crippen molar-refractivity contribution < 1.29 is 25.2 Å². The van der Waals surface area contributed by atoms with E-state index in [2.05, 4.69) is 43.3 Å². The number of aliphatic hydroxyl groups is 4. The van der Waals surface area contributed by atoms with Crippen molar-refractivity contribution in [1.82, 2.24) is 0 Å². The molecule has 5 heteroatoms. The lowest BCUT2D eigenvalue weighted by Gasteiger charge is -2.40. The van der Waals surface area contributed by atoms with Crippen LogP contribution >= 0.6 is 0 Å². The van der Waals surface area contributed by atoms with Gasteiger partial charge in [0.15, 0.2) is 0 Å². The standard InChI is InChI=1S/C25H32O5/c1-2-15-7-9-17(10-8-15)19-6-4-3-5-16-11-12-18(13-20(16)19)25-24(29)23(28)22(27)21(14-26)30-25/h7-13,19,21-29H,2-6,14H2,1H3. The summed E-state index contributed by atoms with van der Waals surface area (Å²) in [6.45, 7) is 1.74. The molecular weight excluding hydrogens is 380 g/mol. The molecule has 2 aliphatic rings. The molecule has 5 nitrogen and oxygen atoms in total. The van der Waals surface area contributed by atoms with Crippen molar-refractivity contribution in [2.45, 2.75) is 75.5 Å². The molecule has 0 bridgehead atoms. The van der Waals surface area contributed by atoms with Gasteiger partial charge < -0.3 is 25.2 Å². The van der Waals surface area contributed by atoms with Gasteiger partial charge in [-0.25, -0.2) is 0 Å². The number of aryl methyl sites for hydroxylation is 2. The molecule has 4 N–H and O–H groups in total. The highest BCUT2D eigenvalue weighted by Crippen LogP contribution is 2.39. The lowest BCUT2D eigenvalue weighted by Crippen LogP contribution is -2.55. The van der Waals surface area contributed by atoms with Crippen LogP contribution in [0, 0.1) is 0 Å². The molecule has 1 saturated heterocycles. The second-order valence-electron chi connectivity index (χ2n) is 8.60. The van der Waals surface area contributed by atoms with Crippen molar-refractivity contribution in [2.75, 3.05) is 6.61 Å². The van der Waals surface area contributed by atoms with Gasteiger partial charge in [-0.05, 0) is 53.5 Å². The number of ether oxygens (including phenoxy) is 1. The first kappa shape index (κ1) is 21.5. The maximum atomic E-state index is 10.6. The maximum Gasteiger partial charge on any atom is 0.113 e. The Labute approximate surface area is 178 Å². The third-order valence-electron chi connectivity index (χ3n) is 6.75. The molecule has 6 unspecified atom stereocenters. The van der Waals surface area contributed by atoms with E-state index in [4.69, 9.17) is 4.74 Å². The van der Waals surface area contributed by atoms with Gasteiger partial charge >= 0.3 is 0 Å². The van der Waals surface area contributed by atoms with Crippen molar-refractivity contribution in [3.63, 3.8) is 0 Å². The molecule has 162 valence electrons. The molecule has 1 fully saturated rings. The van der Waals surface area contributed by atoms with Gasteiger partial charge in [0.1, 0.15) is 30.5 Å². The maximum absolute atomic E-state index is 10.6. The second-order valence-corrected chi connectivity index (χ2v) is 8.60. The SMILES string of the molecule is CCc1ccc(C2CCCCc3ccc(C4OC(CO)C(O)C(O)C4O)cc32)cc1. The largest absolute Gasteiger partial charge is 0.394 e.